The summed E-state index contributed by atoms with van der Waals surface area (Å²) < 4.78 is 37.6. The van der Waals surface area contributed by atoms with Crippen molar-refractivity contribution in [3.8, 4) is 0 Å². The van der Waals surface area contributed by atoms with E-state index in [1.54, 1.807) is 36.5 Å². The molecule has 3 rings (SSSR count). The number of aromatic amines is 2. The summed E-state index contributed by atoms with van der Waals surface area (Å²) in [5.74, 6) is 0.260. The monoisotopic (exact) mass is 393 g/mol. The van der Waals surface area contributed by atoms with Gasteiger partial charge in [0.2, 0.25) is 11.5 Å². The van der Waals surface area contributed by atoms with Crippen LogP contribution < -0.4 is 20.9 Å². The number of rotatable bonds is 6. The van der Waals surface area contributed by atoms with Gasteiger partial charge in [0.05, 0.1) is 11.1 Å². The van der Waals surface area contributed by atoms with Gasteiger partial charge in [0.1, 0.15) is 6.54 Å². The Balaban J connectivity index is 1.79. The van der Waals surface area contributed by atoms with Crippen LogP contribution in [-0.2, 0) is 0 Å². The van der Waals surface area contributed by atoms with Crippen LogP contribution in [0.15, 0.2) is 36.5 Å². The number of hydrogen-bond acceptors (Lipinski definition) is 4. The van der Waals surface area contributed by atoms with E-state index in [0.29, 0.717) is 22.3 Å². The summed E-state index contributed by atoms with van der Waals surface area (Å²) >= 11 is 0. The summed E-state index contributed by atoms with van der Waals surface area (Å²) in [5.41, 5.74) is 1.56. The van der Waals surface area contributed by atoms with E-state index < -0.39 is 12.7 Å². The van der Waals surface area contributed by atoms with E-state index in [1.165, 1.54) is 0 Å². The second kappa shape index (κ2) is 7.75. The number of nitrogens with zero attached hydrogens (tertiary/aromatic N) is 1. The van der Waals surface area contributed by atoms with Crippen LogP contribution in [0, 0.1) is 0 Å². The van der Waals surface area contributed by atoms with Crippen molar-refractivity contribution in [2.75, 3.05) is 17.2 Å². The quantitative estimate of drug-likeness (QED) is 0.517. The van der Waals surface area contributed by atoms with E-state index in [4.69, 9.17) is 0 Å². The Morgan fingerprint density at radius 1 is 1.21 bits per heavy atom. The molecular weight excluding hydrogens is 373 g/mol. The zero-order valence-corrected chi connectivity index (χ0v) is 15.2. The van der Waals surface area contributed by atoms with E-state index in [1.807, 2.05) is 13.8 Å². The Morgan fingerprint density at radius 3 is 2.57 bits per heavy atom. The van der Waals surface area contributed by atoms with Crippen LogP contribution in [0.25, 0.3) is 11.0 Å². The highest BCUT2D eigenvalue weighted by Gasteiger charge is 2.29. The molecule has 0 bridgehead atoms. The van der Waals surface area contributed by atoms with Crippen molar-refractivity contribution in [2.24, 2.45) is 0 Å². The van der Waals surface area contributed by atoms with Crippen LogP contribution in [-0.4, -0.2) is 34.6 Å². The fourth-order valence-electron chi connectivity index (χ4n) is 2.55. The number of carbonyl (C=O) groups is 1. The van der Waals surface area contributed by atoms with Crippen LogP contribution >= 0.6 is 0 Å². The predicted octanol–water partition coefficient (Wildman–Crippen LogP) is 3.23. The van der Waals surface area contributed by atoms with E-state index in [2.05, 4.69) is 30.9 Å². The molecule has 0 saturated carbocycles. The topological polar surface area (TPSA) is 96.0 Å². The van der Waals surface area contributed by atoms with Gasteiger partial charge in [-0.1, -0.05) is 4.98 Å². The third-order valence-electron chi connectivity index (χ3n) is 3.76. The van der Waals surface area contributed by atoms with Crippen molar-refractivity contribution >= 4 is 34.4 Å². The molecule has 0 aliphatic rings. The first-order chi connectivity index (χ1) is 13.2. The smallest absolute Gasteiger partial charge is 0.350 e. The van der Waals surface area contributed by atoms with E-state index >= 15 is 0 Å². The highest BCUT2D eigenvalue weighted by molar-refractivity contribution is 5.94. The Morgan fingerprint density at radius 2 is 1.93 bits per heavy atom. The Kier molecular flexibility index (Phi) is 5.39. The fourth-order valence-corrected chi connectivity index (χ4v) is 2.55. The Hall–Kier alpha value is -3.30. The number of aromatic nitrogens is 3. The summed E-state index contributed by atoms with van der Waals surface area (Å²) in [6.07, 6.45) is -2.75. The first kappa shape index (κ1) is 19.5. The lowest BCUT2D eigenvalue weighted by atomic mass is 10.2. The second-order valence-electron chi connectivity index (χ2n) is 6.50. The number of fused-ring (bicyclic) bond motifs is 1. The van der Waals surface area contributed by atoms with Gasteiger partial charge in [0, 0.05) is 17.8 Å². The Bertz CT molecular complexity index is 966. The van der Waals surface area contributed by atoms with E-state index in [-0.39, 0.29) is 23.7 Å². The highest BCUT2D eigenvalue weighted by Crippen LogP contribution is 2.22. The van der Waals surface area contributed by atoms with Gasteiger partial charge in [-0.15, -0.1) is 0 Å². The lowest BCUT2D eigenvalue weighted by molar-refractivity contribution is -0.346. The third-order valence-corrected chi connectivity index (χ3v) is 3.76. The molecule has 2 heterocycles. The van der Waals surface area contributed by atoms with Gasteiger partial charge in [-0.2, -0.15) is 13.2 Å². The van der Waals surface area contributed by atoms with Crippen LogP contribution in [0.1, 0.15) is 24.2 Å². The molecule has 148 valence electrons. The number of nitrogens with one attached hydrogen (secondary N) is 5. The van der Waals surface area contributed by atoms with Gasteiger partial charge >= 0.3 is 12.1 Å². The number of halogens is 3. The number of benzene rings is 1. The van der Waals surface area contributed by atoms with Gasteiger partial charge in [-0.3, -0.25) is 10.1 Å². The van der Waals surface area contributed by atoms with Crippen molar-refractivity contribution < 1.29 is 22.9 Å². The van der Waals surface area contributed by atoms with Crippen molar-refractivity contribution in [3.63, 3.8) is 0 Å². The molecule has 0 saturated heterocycles. The van der Waals surface area contributed by atoms with Gasteiger partial charge in [-0.05, 0) is 44.2 Å². The maximum atomic E-state index is 12.5. The van der Waals surface area contributed by atoms with Crippen LogP contribution in [0.4, 0.5) is 30.6 Å². The van der Waals surface area contributed by atoms with Crippen molar-refractivity contribution in [3.05, 3.63) is 42.1 Å². The average Bonchev–Trinajstić information content (AvgIpc) is 3.07. The summed E-state index contributed by atoms with van der Waals surface area (Å²) in [5, 5.41) is 8.65. The molecule has 0 atom stereocenters. The van der Waals surface area contributed by atoms with Crippen molar-refractivity contribution in [2.45, 2.75) is 26.1 Å². The first-order valence-electron chi connectivity index (χ1n) is 8.60. The summed E-state index contributed by atoms with van der Waals surface area (Å²) in [7, 11) is 0. The molecule has 3 aromatic rings. The zero-order valence-electron chi connectivity index (χ0n) is 15.2. The third kappa shape index (κ3) is 4.90. The van der Waals surface area contributed by atoms with Gasteiger partial charge in [-0.25, -0.2) is 4.98 Å². The predicted molar refractivity (Wildman–Crippen MR) is 99.5 cm³/mol. The normalized spacial score (nSPS) is 11.6. The molecule has 0 aliphatic carbocycles. The van der Waals surface area contributed by atoms with E-state index in [0.717, 1.165) is 0 Å². The van der Waals surface area contributed by atoms with Crippen LogP contribution in [0.3, 0.4) is 0 Å². The van der Waals surface area contributed by atoms with Crippen LogP contribution in [0.5, 0.6) is 0 Å². The van der Waals surface area contributed by atoms with Gasteiger partial charge in [0.15, 0.2) is 0 Å². The molecule has 7 nitrogen and oxygen atoms in total. The fraction of sp³-hybridized carbons (Fsp3) is 0.278. The summed E-state index contributed by atoms with van der Waals surface area (Å²) in [6.45, 7) is 2.57. The number of amides is 1. The lowest BCUT2D eigenvalue weighted by Crippen LogP contribution is -2.30. The second-order valence-corrected chi connectivity index (χ2v) is 6.50. The molecule has 1 aromatic carbocycles. The number of hydrogen-bond donors (Lipinski definition) is 4. The minimum absolute atomic E-state index is 0.0271. The maximum Gasteiger partial charge on any atom is 0.415 e. The highest BCUT2D eigenvalue weighted by atomic mass is 19.4. The van der Waals surface area contributed by atoms with E-state index in [9.17, 15) is 18.0 Å². The summed E-state index contributed by atoms with van der Waals surface area (Å²) in [4.78, 5) is 22.0. The maximum absolute atomic E-state index is 12.5. The molecular formula is C18H20F3N6O+. The number of alkyl halides is 3. The van der Waals surface area contributed by atoms with Gasteiger partial charge < -0.3 is 15.6 Å². The molecule has 0 radical (unpaired) electrons. The minimum atomic E-state index is -4.35. The zero-order chi connectivity index (χ0) is 20.3. The van der Waals surface area contributed by atoms with Crippen LogP contribution in [0.2, 0.25) is 0 Å². The number of anilines is 3. The first-order valence-corrected chi connectivity index (χ1v) is 8.60. The van der Waals surface area contributed by atoms with Crippen molar-refractivity contribution in [1.29, 1.82) is 0 Å². The van der Waals surface area contributed by atoms with Gasteiger partial charge in [0.25, 0.3) is 5.91 Å². The molecule has 10 heteroatoms. The Labute approximate surface area is 158 Å². The molecule has 0 unspecified atom stereocenters. The molecule has 5 N–H and O–H groups in total. The molecule has 0 spiro atoms. The molecule has 28 heavy (non-hydrogen) atoms. The molecule has 2 aromatic heterocycles. The SMILES string of the molecule is CC(C)NC(=O)c1ccc(Nc2nc3[nH]ccc3c(NCC(F)(F)F)[nH+]2)cc1. The average molecular weight is 393 g/mol. The summed E-state index contributed by atoms with van der Waals surface area (Å²) in [6, 6.07) is 8.33. The van der Waals surface area contributed by atoms with Crippen molar-refractivity contribution in [1.82, 2.24) is 15.3 Å². The number of H-pyrrole nitrogens is 2. The molecule has 0 fully saturated rings. The molecule has 1 amide bonds. The lowest BCUT2D eigenvalue weighted by Gasteiger charge is -2.09. The standard InChI is InChI=1S/C18H19F3N6O/c1-10(2)24-16(28)11-3-5-12(6-4-11)25-17-26-14-13(7-8-22-14)15(27-17)23-9-18(19,20)21/h3-8,10H,9H2,1-2H3,(H,24,28)(H3,22,23,25,26,27)/p+1. The number of carbonyl (C=O) groups excluding carboxylic acids is 1. The molecule has 0 aliphatic heterocycles. The minimum Gasteiger partial charge on any atom is -0.350 e. The largest absolute Gasteiger partial charge is 0.415 e.